The number of nitrogens with zero attached hydrogens (tertiary/aromatic N) is 2. The molecule has 23 heavy (non-hydrogen) atoms. The van der Waals surface area contributed by atoms with Gasteiger partial charge in [0.2, 0.25) is 17.6 Å². The molecule has 0 saturated heterocycles. The summed E-state index contributed by atoms with van der Waals surface area (Å²) in [7, 11) is 0. The van der Waals surface area contributed by atoms with E-state index >= 15 is 0 Å². The third-order valence-electron chi connectivity index (χ3n) is 3.04. The average Bonchev–Trinajstić information content (AvgIpc) is 2.94. The third-order valence-corrected chi connectivity index (χ3v) is 3.27. The SMILES string of the molecule is CC(N)CCC(=O)NCCc1nc(-c2cccc(Cl)c2)no1.Cl. The lowest BCUT2D eigenvalue weighted by Crippen LogP contribution is -2.27. The van der Waals surface area contributed by atoms with Gasteiger partial charge in [-0.1, -0.05) is 28.9 Å². The lowest BCUT2D eigenvalue weighted by atomic mass is 10.2. The van der Waals surface area contributed by atoms with Gasteiger partial charge in [-0.05, 0) is 25.5 Å². The van der Waals surface area contributed by atoms with Crippen LogP contribution in [0.15, 0.2) is 28.8 Å². The van der Waals surface area contributed by atoms with Gasteiger partial charge in [0.1, 0.15) is 0 Å². The van der Waals surface area contributed by atoms with Crippen molar-refractivity contribution in [1.82, 2.24) is 15.5 Å². The monoisotopic (exact) mass is 358 g/mol. The van der Waals surface area contributed by atoms with Gasteiger partial charge in [0.15, 0.2) is 0 Å². The molecule has 0 radical (unpaired) electrons. The standard InChI is InChI=1S/C15H19ClN4O2.ClH/c1-10(17)5-6-13(21)18-8-7-14-19-15(20-22-14)11-3-2-4-12(16)9-11;/h2-4,9-10H,5-8,17H2,1H3,(H,18,21);1H. The van der Waals surface area contributed by atoms with Crippen LogP contribution >= 0.6 is 24.0 Å². The van der Waals surface area contributed by atoms with Crippen LogP contribution in [0.3, 0.4) is 0 Å². The number of aromatic nitrogens is 2. The largest absolute Gasteiger partial charge is 0.356 e. The van der Waals surface area contributed by atoms with Crippen LogP contribution in [0.1, 0.15) is 25.7 Å². The predicted molar refractivity (Wildman–Crippen MR) is 91.6 cm³/mol. The van der Waals surface area contributed by atoms with Gasteiger partial charge < -0.3 is 15.6 Å². The highest BCUT2D eigenvalue weighted by atomic mass is 35.5. The maximum atomic E-state index is 11.6. The van der Waals surface area contributed by atoms with Gasteiger partial charge in [0.05, 0.1) is 0 Å². The van der Waals surface area contributed by atoms with Crippen molar-refractivity contribution < 1.29 is 9.32 Å². The molecular formula is C15H20Cl2N4O2. The number of carbonyl (C=O) groups excluding carboxylic acids is 1. The lowest BCUT2D eigenvalue weighted by molar-refractivity contribution is -0.121. The van der Waals surface area contributed by atoms with E-state index in [4.69, 9.17) is 21.9 Å². The lowest BCUT2D eigenvalue weighted by Gasteiger charge is -2.05. The molecule has 1 amide bonds. The van der Waals surface area contributed by atoms with Crippen LogP contribution in [0.25, 0.3) is 11.4 Å². The van der Waals surface area contributed by atoms with E-state index in [0.717, 1.165) is 5.56 Å². The highest BCUT2D eigenvalue weighted by molar-refractivity contribution is 6.30. The first-order valence-corrected chi connectivity index (χ1v) is 7.53. The molecule has 1 unspecified atom stereocenters. The zero-order valence-corrected chi connectivity index (χ0v) is 14.4. The van der Waals surface area contributed by atoms with E-state index in [1.807, 2.05) is 19.1 Å². The van der Waals surface area contributed by atoms with Crippen LogP contribution in [-0.4, -0.2) is 28.6 Å². The summed E-state index contributed by atoms with van der Waals surface area (Å²) in [6.07, 6.45) is 1.58. The molecule has 0 bridgehead atoms. The highest BCUT2D eigenvalue weighted by Crippen LogP contribution is 2.19. The highest BCUT2D eigenvalue weighted by Gasteiger charge is 2.09. The van der Waals surface area contributed by atoms with Crippen molar-refractivity contribution in [3.8, 4) is 11.4 Å². The number of carbonyl (C=O) groups is 1. The normalized spacial score (nSPS) is 11.6. The fourth-order valence-corrected chi connectivity index (χ4v) is 2.05. The number of hydrogen-bond acceptors (Lipinski definition) is 5. The maximum Gasteiger partial charge on any atom is 0.228 e. The van der Waals surface area contributed by atoms with Crippen LogP contribution < -0.4 is 11.1 Å². The summed E-state index contributed by atoms with van der Waals surface area (Å²) in [5.41, 5.74) is 6.40. The molecule has 1 atom stereocenters. The maximum absolute atomic E-state index is 11.6. The summed E-state index contributed by atoms with van der Waals surface area (Å²) in [6, 6.07) is 7.26. The molecule has 1 aromatic heterocycles. The molecule has 1 heterocycles. The average molecular weight is 359 g/mol. The molecule has 1 aromatic carbocycles. The van der Waals surface area contributed by atoms with E-state index < -0.39 is 0 Å². The molecule has 6 nitrogen and oxygen atoms in total. The number of benzene rings is 1. The van der Waals surface area contributed by atoms with Crippen molar-refractivity contribution in [1.29, 1.82) is 0 Å². The number of nitrogens with one attached hydrogen (secondary N) is 1. The molecule has 0 spiro atoms. The first-order valence-electron chi connectivity index (χ1n) is 7.15. The van der Waals surface area contributed by atoms with Crippen LogP contribution in [0.2, 0.25) is 5.02 Å². The molecule has 2 rings (SSSR count). The Balaban J connectivity index is 0.00000264. The fourth-order valence-electron chi connectivity index (χ4n) is 1.86. The van der Waals surface area contributed by atoms with Crippen molar-refractivity contribution in [3.05, 3.63) is 35.2 Å². The quantitative estimate of drug-likeness (QED) is 0.793. The minimum Gasteiger partial charge on any atom is -0.356 e. The number of halogens is 2. The predicted octanol–water partition coefficient (Wildman–Crippen LogP) is 2.60. The summed E-state index contributed by atoms with van der Waals surface area (Å²) >= 11 is 5.93. The molecule has 0 aliphatic rings. The molecule has 0 aliphatic heterocycles. The molecule has 2 aromatic rings. The van der Waals surface area contributed by atoms with Crippen molar-refractivity contribution in [2.45, 2.75) is 32.2 Å². The molecular weight excluding hydrogens is 339 g/mol. The fraction of sp³-hybridized carbons (Fsp3) is 0.400. The summed E-state index contributed by atoms with van der Waals surface area (Å²) in [6.45, 7) is 2.33. The van der Waals surface area contributed by atoms with Gasteiger partial charge in [0.25, 0.3) is 0 Å². The molecule has 126 valence electrons. The first-order chi connectivity index (χ1) is 10.5. The third kappa shape index (κ3) is 6.56. The second kappa shape index (κ2) is 9.50. The van der Waals surface area contributed by atoms with E-state index in [0.29, 0.717) is 42.5 Å². The molecule has 0 fully saturated rings. The topological polar surface area (TPSA) is 94.0 Å². The Bertz CT molecular complexity index is 631. The summed E-state index contributed by atoms with van der Waals surface area (Å²) in [5.74, 6) is 0.940. The Hall–Kier alpha value is -1.63. The van der Waals surface area contributed by atoms with E-state index in [9.17, 15) is 4.79 Å². The van der Waals surface area contributed by atoms with Crippen molar-refractivity contribution in [3.63, 3.8) is 0 Å². The second-order valence-electron chi connectivity index (χ2n) is 5.14. The van der Waals surface area contributed by atoms with E-state index in [1.54, 1.807) is 12.1 Å². The Morgan fingerprint density at radius 1 is 1.48 bits per heavy atom. The van der Waals surface area contributed by atoms with E-state index in [-0.39, 0.29) is 24.4 Å². The van der Waals surface area contributed by atoms with Crippen LogP contribution in [0.4, 0.5) is 0 Å². The number of rotatable bonds is 7. The first kappa shape index (κ1) is 19.4. The molecule has 0 saturated carbocycles. The van der Waals surface area contributed by atoms with Gasteiger partial charge in [-0.15, -0.1) is 12.4 Å². The van der Waals surface area contributed by atoms with Gasteiger partial charge in [0, 0.05) is 36.0 Å². The molecule has 8 heteroatoms. The summed E-state index contributed by atoms with van der Waals surface area (Å²) < 4.78 is 5.16. The minimum absolute atomic E-state index is 0. The van der Waals surface area contributed by atoms with E-state index in [2.05, 4.69) is 15.5 Å². The summed E-state index contributed by atoms with van der Waals surface area (Å²) in [5, 5.41) is 7.33. The van der Waals surface area contributed by atoms with Gasteiger partial charge in [-0.2, -0.15) is 4.98 Å². The molecule has 3 N–H and O–H groups in total. The Kier molecular flexibility index (Phi) is 8.02. The number of nitrogens with two attached hydrogens (primary N) is 1. The Morgan fingerprint density at radius 2 is 2.26 bits per heavy atom. The zero-order valence-electron chi connectivity index (χ0n) is 12.8. The zero-order chi connectivity index (χ0) is 15.9. The van der Waals surface area contributed by atoms with Gasteiger partial charge in [-0.25, -0.2) is 0 Å². The van der Waals surface area contributed by atoms with Crippen molar-refractivity contribution >= 4 is 29.9 Å². The summed E-state index contributed by atoms with van der Waals surface area (Å²) in [4.78, 5) is 15.8. The molecule has 0 aliphatic carbocycles. The van der Waals surface area contributed by atoms with Crippen molar-refractivity contribution in [2.75, 3.05) is 6.54 Å². The number of hydrogen-bond donors (Lipinski definition) is 2. The Labute approximate surface area is 146 Å². The van der Waals surface area contributed by atoms with Crippen LogP contribution in [-0.2, 0) is 11.2 Å². The van der Waals surface area contributed by atoms with Gasteiger partial charge >= 0.3 is 0 Å². The number of amides is 1. The second-order valence-corrected chi connectivity index (χ2v) is 5.57. The van der Waals surface area contributed by atoms with Gasteiger partial charge in [-0.3, -0.25) is 4.79 Å². The minimum atomic E-state index is -0.0214. The van der Waals surface area contributed by atoms with E-state index in [1.165, 1.54) is 0 Å². The van der Waals surface area contributed by atoms with Crippen molar-refractivity contribution in [2.24, 2.45) is 5.73 Å². The smallest absolute Gasteiger partial charge is 0.228 e. The van der Waals surface area contributed by atoms with Crippen LogP contribution in [0.5, 0.6) is 0 Å². The van der Waals surface area contributed by atoms with Crippen LogP contribution in [0, 0.1) is 0 Å². The Morgan fingerprint density at radius 3 is 2.96 bits per heavy atom.